The Morgan fingerprint density at radius 1 is 1.25 bits per heavy atom. The van der Waals surface area contributed by atoms with Crippen molar-refractivity contribution in [3.63, 3.8) is 0 Å². The van der Waals surface area contributed by atoms with Crippen molar-refractivity contribution in [1.82, 2.24) is 34.6 Å². The van der Waals surface area contributed by atoms with Gasteiger partial charge >= 0.3 is 0 Å². The molecule has 2 aromatic rings. The molecule has 2 saturated heterocycles. The van der Waals surface area contributed by atoms with Gasteiger partial charge < -0.3 is 9.80 Å². The Labute approximate surface area is 162 Å². The summed E-state index contributed by atoms with van der Waals surface area (Å²) in [4.78, 5) is 28.6. The quantitative estimate of drug-likeness (QED) is 0.761. The summed E-state index contributed by atoms with van der Waals surface area (Å²) in [6.07, 6.45) is 4.33. The minimum absolute atomic E-state index is 0.0483. The number of amides is 2. The summed E-state index contributed by atoms with van der Waals surface area (Å²) in [5.41, 5.74) is 0.740. The highest BCUT2D eigenvalue weighted by Gasteiger charge is 2.37. The van der Waals surface area contributed by atoms with Crippen LogP contribution < -0.4 is 0 Å². The molecule has 150 valence electrons. The monoisotopic (exact) mass is 389 g/mol. The highest BCUT2D eigenvalue weighted by Crippen LogP contribution is 2.24. The molecule has 2 amide bonds. The summed E-state index contributed by atoms with van der Waals surface area (Å²) < 4.78 is 17.3. The number of halogens is 1. The number of carbonyl (C=O) groups is 2. The van der Waals surface area contributed by atoms with Crippen molar-refractivity contribution in [2.75, 3.05) is 19.6 Å². The number of aryl methyl sites for hydroxylation is 1. The van der Waals surface area contributed by atoms with Gasteiger partial charge in [0.05, 0.1) is 25.3 Å². The number of carbonyl (C=O) groups excluding carboxylic acids is 2. The van der Waals surface area contributed by atoms with Gasteiger partial charge in [0.2, 0.25) is 0 Å². The SMILES string of the molecule is CCn1nccc1C(=O)N1C[C@@H](F)C[C@H]1Cn1cc(C(=O)N2CCCC2)nn1. The smallest absolute Gasteiger partial charge is 0.276 e. The molecule has 0 unspecified atom stereocenters. The van der Waals surface area contributed by atoms with Crippen LogP contribution in [0.15, 0.2) is 18.5 Å². The Bertz CT molecular complexity index is 858. The maximum atomic E-state index is 14.1. The van der Waals surface area contributed by atoms with E-state index in [0.717, 1.165) is 25.9 Å². The summed E-state index contributed by atoms with van der Waals surface area (Å²) in [5, 5.41) is 12.1. The van der Waals surface area contributed by atoms with E-state index < -0.39 is 6.17 Å². The molecule has 0 aliphatic carbocycles. The van der Waals surface area contributed by atoms with Crippen LogP contribution in [0, 0.1) is 0 Å². The van der Waals surface area contributed by atoms with E-state index in [-0.39, 0.29) is 30.8 Å². The summed E-state index contributed by atoms with van der Waals surface area (Å²) in [6.45, 7) is 4.30. The average molecular weight is 389 g/mol. The summed E-state index contributed by atoms with van der Waals surface area (Å²) in [6, 6.07) is 1.30. The molecule has 2 aliphatic heterocycles. The lowest BCUT2D eigenvalue weighted by atomic mass is 10.2. The minimum atomic E-state index is -1.08. The van der Waals surface area contributed by atoms with Gasteiger partial charge in [-0.25, -0.2) is 9.07 Å². The number of aromatic nitrogens is 5. The van der Waals surface area contributed by atoms with Crippen molar-refractivity contribution in [2.45, 2.75) is 51.5 Å². The fourth-order valence-electron chi connectivity index (χ4n) is 3.98. The fraction of sp³-hybridized carbons (Fsp3) is 0.611. The summed E-state index contributed by atoms with van der Waals surface area (Å²) >= 11 is 0. The fourth-order valence-corrected chi connectivity index (χ4v) is 3.98. The molecule has 4 heterocycles. The third-order valence-corrected chi connectivity index (χ3v) is 5.41. The Kier molecular flexibility index (Phi) is 5.10. The second-order valence-electron chi connectivity index (χ2n) is 7.30. The second kappa shape index (κ2) is 7.69. The van der Waals surface area contributed by atoms with E-state index in [9.17, 15) is 14.0 Å². The van der Waals surface area contributed by atoms with E-state index in [1.165, 1.54) is 9.58 Å². The van der Waals surface area contributed by atoms with Gasteiger partial charge in [-0.1, -0.05) is 5.21 Å². The highest BCUT2D eigenvalue weighted by molar-refractivity contribution is 5.93. The van der Waals surface area contributed by atoms with Gasteiger partial charge in [-0.2, -0.15) is 5.10 Å². The van der Waals surface area contributed by atoms with Gasteiger partial charge in [0.25, 0.3) is 11.8 Å². The first kappa shape index (κ1) is 18.6. The number of hydrogen-bond acceptors (Lipinski definition) is 5. The van der Waals surface area contributed by atoms with Crippen molar-refractivity contribution in [2.24, 2.45) is 0 Å². The van der Waals surface area contributed by atoms with Crippen LogP contribution in [0.3, 0.4) is 0 Å². The molecule has 9 nitrogen and oxygen atoms in total. The van der Waals surface area contributed by atoms with Gasteiger partial charge in [-0.3, -0.25) is 14.3 Å². The van der Waals surface area contributed by atoms with E-state index in [1.807, 2.05) is 6.92 Å². The van der Waals surface area contributed by atoms with Crippen LogP contribution in [0.25, 0.3) is 0 Å². The lowest BCUT2D eigenvalue weighted by molar-refractivity contribution is 0.0701. The van der Waals surface area contributed by atoms with E-state index >= 15 is 0 Å². The number of alkyl halides is 1. The van der Waals surface area contributed by atoms with Crippen molar-refractivity contribution < 1.29 is 14.0 Å². The van der Waals surface area contributed by atoms with Crippen molar-refractivity contribution in [3.05, 3.63) is 29.8 Å². The minimum Gasteiger partial charge on any atom is -0.337 e. The number of nitrogens with zero attached hydrogens (tertiary/aromatic N) is 7. The topological polar surface area (TPSA) is 89.2 Å². The zero-order valence-corrected chi connectivity index (χ0v) is 15.9. The standard InChI is InChI=1S/C18H24FN7O2/c1-2-26-16(5-6-20-26)18(28)25-10-13(19)9-14(25)11-24-12-15(21-22-24)17(27)23-7-3-4-8-23/h5-6,12-14H,2-4,7-11H2,1H3/t13-,14-/m0/s1. The zero-order valence-electron chi connectivity index (χ0n) is 15.9. The lowest BCUT2D eigenvalue weighted by Crippen LogP contribution is -2.39. The van der Waals surface area contributed by atoms with Crippen LogP contribution in [-0.2, 0) is 13.1 Å². The molecule has 0 saturated carbocycles. The van der Waals surface area contributed by atoms with Crippen LogP contribution in [0.4, 0.5) is 4.39 Å². The molecule has 0 spiro atoms. The van der Waals surface area contributed by atoms with Gasteiger partial charge in [-0.05, 0) is 25.8 Å². The molecule has 4 rings (SSSR count). The van der Waals surface area contributed by atoms with E-state index in [1.54, 1.807) is 28.0 Å². The summed E-state index contributed by atoms with van der Waals surface area (Å²) in [7, 11) is 0. The van der Waals surface area contributed by atoms with Crippen molar-refractivity contribution in [1.29, 1.82) is 0 Å². The molecule has 28 heavy (non-hydrogen) atoms. The molecule has 10 heteroatoms. The number of hydrogen-bond donors (Lipinski definition) is 0. The Morgan fingerprint density at radius 3 is 2.79 bits per heavy atom. The largest absolute Gasteiger partial charge is 0.337 e. The second-order valence-corrected chi connectivity index (χ2v) is 7.30. The third kappa shape index (κ3) is 3.50. The Morgan fingerprint density at radius 2 is 2.04 bits per heavy atom. The van der Waals surface area contributed by atoms with Crippen LogP contribution in [0.5, 0.6) is 0 Å². The van der Waals surface area contributed by atoms with Crippen LogP contribution in [0.2, 0.25) is 0 Å². The highest BCUT2D eigenvalue weighted by atomic mass is 19.1. The normalized spacial score (nSPS) is 22.2. The molecule has 2 aliphatic rings. The molecule has 0 radical (unpaired) electrons. The van der Waals surface area contributed by atoms with Gasteiger partial charge in [0.15, 0.2) is 5.69 Å². The van der Waals surface area contributed by atoms with Gasteiger partial charge in [0.1, 0.15) is 11.9 Å². The van der Waals surface area contributed by atoms with Crippen molar-refractivity contribution >= 4 is 11.8 Å². The van der Waals surface area contributed by atoms with Crippen molar-refractivity contribution in [3.8, 4) is 0 Å². The Balaban J connectivity index is 1.47. The first-order valence-corrected chi connectivity index (χ1v) is 9.73. The first-order chi connectivity index (χ1) is 13.6. The van der Waals surface area contributed by atoms with Crippen LogP contribution >= 0.6 is 0 Å². The van der Waals surface area contributed by atoms with E-state index in [0.29, 0.717) is 24.5 Å². The third-order valence-electron chi connectivity index (χ3n) is 5.41. The summed E-state index contributed by atoms with van der Waals surface area (Å²) in [5.74, 6) is -0.365. The molecule has 0 bridgehead atoms. The molecule has 0 aromatic carbocycles. The molecule has 0 N–H and O–H groups in total. The Hall–Kier alpha value is -2.78. The molecule has 2 aromatic heterocycles. The first-order valence-electron chi connectivity index (χ1n) is 9.73. The average Bonchev–Trinajstić information content (AvgIpc) is 3.47. The molecule has 2 atom stereocenters. The van der Waals surface area contributed by atoms with Crippen LogP contribution in [0.1, 0.15) is 47.2 Å². The maximum absolute atomic E-state index is 14.1. The number of likely N-dealkylation sites (tertiary alicyclic amines) is 2. The molecular formula is C18H24FN7O2. The predicted octanol–water partition coefficient (Wildman–Crippen LogP) is 0.983. The molecule has 2 fully saturated rings. The molecular weight excluding hydrogens is 365 g/mol. The lowest BCUT2D eigenvalue weighted by Gasteiger charge is -2.24. The van der Waals surface area contributed by atoms with Gasteiger partial charge in [-0.15, -0.1) is 5.10 Å². The van der Waals surface area contributed by atoms with E-state index in [2.05, 4.69) is 15.4 Å². The van der Waals surface area contributed by atoms with E-state index in [4.69, 9.17) is 0 Å². The number of rotatable bonds is 5. The van der Waals surface area contributed by atoms with Gasteiger partial charge in [0, 0.05) is 32.3 Å². The maximum Gasteiger partial charge on any atom is 0.276 e. The predicted molar refractivity (Wildman–Crippen MR) is 97.4 cm³/mol. The zero-order chi connectivity index (χ0) is 19.7. The van der Waals surface area contributed by atoms with Crippen LogP contribution in [-0.4, -0.2) is 78.2 Å².